The predicted molar refractivity (Wildman–Crippen MR) is 180 cm³/mol. The fourth-order valence-corrected chi connectivity index (χ4v) is 6.49. The summed E-state index contributed by atoms with van der Waals surface area (Å²) in [6.07, 6.45) is 13.0. The van der Waals surface area contributed by atoms with Crippen molar-refractivity contribution >= 4 is 40.6 Å². The highest BCUT2D eigenvalue weighted by Crippen LogP contribution is 2.28. The number of hydrogen-bond acceptors (Lipinski definition) is 9. The third-order valence-electron chi connectivity index (χ3n) is 7.15. The molecule has 0 saturated carbocycles. The molecule has 4 aromatic heterocycles. The average molecular weight is 670 g/mol. The van der Waals surface area contributed by atoms with Gasteiger partial charge >= 0.3 is 12.1 Å². The molecule has 4 N–H and O–H groups in total. The zero-order valence-electron chi connectivity index (χ0n) is 26.6. The molecule has 46 heavy (non-hydrogen) atoms. The van der Waals surface area contributed by atoms with Crippen molar-refractivity contribution in [2.45, 2.75) is 58.5 Å². The number of aromatic amines is 2. The molecule has 2 fully saturated rings. The van der Waals surface area contributed by atoms with Gasteiger partial charge in [-0.2, -0.15) is 10.2 Å². The van der Waals surface area contributed by atoms with Crippen molar-refractivity contribution in [2.24, 2.45) is 0 Å². The molecule has 14 heteroatoms. The van der Waals surface area contributed by atoms with Gasteiger partial charge in [-0.05, 0) is 65.3 Å². The second-order valence-electron chi connectivity index (χ2n) is 12.0. The number of hydrogen-bond donors (Lipinski definition) is 4. The zero-order valence-corrected chi connectivity index (χ0v) is 28.2. The minimum atomic E-state index is -0.897. The lowest BCUT2D eigenvalue weighted by atomic mass is 10.2. The SMILES string of the molecule is C1CCCNCC1.CC(C)(C)OC(=O)N1CCCN(C(=O)c2csc(-c3cn[nH]c3)c2)CC1.O=C(O)c1csc(-c2cn[nH]c2)c1. The fourth-order valence-electron chi connectivity index (χ4n) is 4.76. The van der Waals surface area contributed by atoms with Crippen LogP contribution in [0.1, 0.15) is 73.6 Å². The van der Waals surface area contributed by atoms with Gasteiger partial charge in [-0.1, -0.05) is 12.8 Å². The molecule has 2 aliphatic rings. The smallest absolute Gasteiger partial charge is 0.410 e. The van der Waals surface area contributed by atoms with E-state index in [0.29, 0.717) is 37.3 Å². The van der Waals surface area contributed by atoms with E-state index in [1.54, 1.807) is 34.9 Å². The number of carboxylic acid groups (broad SMARTS) is 1. The summed E-state index contributed by atoms with van der Waals surface area (Å²) < 4.78 is 5.43. The van der Waals surface area contributed by atoms with Crippen molar-refractivity contribution < 1.29 is 24.2 Å². The number of thiophene rings is 2. The number of aromatic carboxylic acids is 1. The number of carbonyl (C=O) groups is 3. The Hall–Kier alpha value is -4.01. The summed E-state index contributed by atoms with van der Waals surface area (Å²) >= 11 is 2.92. The van der Waals surface area contributed by atoms with Crippen molar-refractivity contribution in [2.75, 3.05) is 39.3 Å². The highest BCUT2D eigenvalue weighted by Gasteiger charge is 2.26. The van der Waals surface area contributed by atoms with E-state index in [1.807, 2.05) is 43.3 Å². The summed E-state index contributed by atoms with van der Waals surface area (Å²) in [6.45, 7) is 10.3. The molecular weight excluding hydrogens is 627 g/mol. The molecule has 6 heterocycles. The number of carbonyl (C=O) groups excluding carboxylic acids is 2. The van der Waals surface area contributed by atoms with Gasteiger partial charge in [-0.3, -0.25) is 15.0 Å². The minimum absolute atomic E-state index is 0.00188. The van der Waals surface area contributed by atoms with Gasteiger partial charge in [-0.15, -0.1) is 22.7 Å². The second kappa shape index (κ2) is 17.1. The van der Waals surface area contributed by atoms with Crippen LogP contribution in [-0.4, -0.2) is 98.1 Å². The summed E-state index contributed by atoms with van der Waals surface area (Å²) in [5.41, 5.74) is 2.37. The lowest BCUT2D eigenvalue weighted by Crippen LogP contribution is -2.40. The number of aromatic nitrogens is 4. The number of H-pyrrole nitrogens is 2. The van der Waals surface area contributed by atoms with E-state index in [9.17, 15) is 14.4 Å². The molecule has 2 amide bonds. The highest BCUT2D eigenvalue weighted by molar-refractivity contribution is 7.14. The topological polar surface area (TPSA) is 157 Å². The Morgan fingerprint density at radius 2 is 1.33 bits per heavy atom. The molecule has 0 atom stereocenters. The van der Waals surface area contributed by atoms with Crippen molar-refractivity contribution in [3.8, 4) is 20.9 Å². The maximum Gasteiger partial charge on any atom is 0.410 e. The number of ether oxygens (including phenoxy) is 1. The van der Waals surface area contributed by atoms with Gasteiger partial charge in [0, 0.05) is 70.2 Å². The molecule has 0 spiro atoms. The van der Waals surface area contributed by atoms with Crippen molar-refractivity contribution in [1.82, 2.24) is 35.5 Å². The Morgan fingerprint density at radius 1 is 0.783 bits per heavy atom. The summed E-state index contributed by atoms with van der Waals surface area (Å²) in [4.78, 5) is 41.0. The summed E-state index contributed by atoms with van der Waals surface area (Å²) in [5.74, 6) is -0.895. The molecule has 2 saturated heterocycles. The quantitative estimate of drug-likeness (QED) is 0.200. The van der Waals surface area contributed by atoms with Crippen LogP contribution in [-0.2, 0) is 4.74 Å². The van der Waals surface area contributed by atoms with E-state index < -0.39 is 11.6 Å². The molecule has 4 aromatic rings. The summed E-state index contributed by atoms with van der Waals surface area (Å²) in [6, 6.07) is 3.53. The van der Waals surface area contributed by atoms with Gasteiger partial charge in [-0.25, -0.2) is 9.59 Å². The summed E-state index contributed by atoms with van der Waals surface area (Å²) in [5, 5.41) is 28.7. The Balaban J connectivity index is 0.000000196. The number of carboxylic acids is 1. The van der Waals surface area contributed by atoms with E-state index in [1.165, 1.54) is 61.4 Å². The van der Waals surface area contributed by atoms with Crippen LogP contribution >= 0.6 is 22.7 Å². The lowest BCUT2D eigenvalue weighted by molar-refractivity contribution is 0.0255. The number of nitrogens with one attached hydrogen (secondary N) is 3. The fraction of sp³-hybridized carbons (Fsp3) is 0.469. The van der Waals surface area contributed by atoms with E-state index in [2.05, 4.69) is 25.7 Å². The maximum absolute atomic E-state index is 12.8. The van der Waals surface area contributed by atoms with Gasteiger partial charge in [0.1, 0.15) is 5.60 Å². The molecule has 248 valence electrons. The Morgan fingerprint density at radius 3 is 1.85 bits per heavy atom. The monoisotopic (exact) mass is 669 g/mol. The van der Waals surface area contributed by atoms with Crippen molar-refractivity contribution in [3.63, 3.8) is 0 Å². The molecule has 2 aliphatic heterocycles. The standard InChI is InChI=1S/C18H24N4O3S.C8H6N2O2S.C6H13N/c1-18(2,3)25-17(24)22-6-4-5-21(7-8-22)16(23)13-9-15(26-12-13)14-10-19-20-11-14;11-8(12)5-1-7(13-4-5)6-2-9-10-3-6;1-2-4-6-7-5-3-1/h9-12H,4-8H2,1-3H3,(H,19,20);1-4H,(H,9,10)(H,11,12);7H,1-6H2. The van der Waals surface area contributed by atoms with Gasteiger partial charge in [0.15, 0.2) is 0 Å². The molecule has 0 radical (unpaired) electrons. The highest BCUT2D eigenvalue weighted by atomic mass is 32.1. The van der Waals surface area contributed by atoms with Gasteiger partial charge < -0.3 is 25.0 Å². The first-order valence-electron chi connectivity index (χ1n) is 15.5. The van der Waals surface area contributed by atoms with Crippen LogP contribution in [0.5, 0.6) is 0 Å². The van der Waals surface area contributed by atoms with Crippen LogP contribution in [0.15, 0.2) is 47.7 Å². The molecule has 0 bridgehead atoms. The number of rotatable bonds is 4. The van der Waals surface area contributed by atoms with Gasteiger partial charge in [0.05, 0.1) is 23.5 Å². The van der Waals surface area contributed by atoms with Crippen LogP contribution in [0.4, 0.5) is 4.79 Å². The van der Waals surface area contributed by atoms with E-state index in [4.69, 9.17) is 9.84 Å². The first-order chi connectivity index (χ1) is 22.1. The third kappa shape index (κ3) is 10.8. The minimum Gasteiger partial charge on any atom is -0.478 e. The first-order valence-corrected chi connectivity index (χ1v) is 17.2. The van der Waals surface area contributed by atoms with E-state index in [0.717, 1.165) is 27.3 Å². The molecular formula is C32H43N7O5S2. The molecule has 0 aromatic carbocycles. The largest absolute Gasteiger partial charge is 0.478 e. The number of nitrogens with zero attached hydrogens (tertiary/aromatic N) is 4. The van der Waals surface area contributed by atoms with Gasteiger partial charge in [0.2, 0.25) is 0 Å². The first kappa shape index (κ1) is 34.9. The molecule has 0 unspecified atom stereocenters. The second-order valence-corrected chi connectivity index (χ2v) is 13.8. The van der Waals surface area contributed by atoms with E-state index in [-0.39, 0.29) is 12.0 Å². The third-order valence-corrected chi connectivity index (χ3v) is 9.11. The predicted octanol–water partition coefficient (Wildman–Crippen LogP) is 6.21. The lowest BCUT2D eigenvalue weighted by Gasteiger charge is -2.26. The Bertz CT molecular complexity index is 1490. The van der Waals surface area contributed by atoms with Crippen LogP contribution in [0.3, 0.4) is 0 Å². The zero-order chi connectivity index (χ0) is 32.9. The van der Waals surface area contributed by atoms with Crippen LogP contribution in [0, 0.1) is 0 Å². The average Bonchev–Trinajstić information content (AvgIpc) is 3.82. The molecule has 0 aliphatic carbocycles. The van der Waals surface area contributed by atoms with E-state index >= 15 is 0 Å². The Labute approximate surface area is 277 Å². The van der Waals surface area contributed by atoms with Crippen LogP contribution in [0.2, 0.25) is 0 Å². The van der Waals surface area contributed by atoms with Crippen LogP contribution in [0.25, 0.3) is 20.9 Å². The van der Waals surface area contributed by atoms with Crippen molar-refractivity contribution in [1.29, 1.82) is 0 Å². The molecule has 12 nitrogen and oxygen atoms in total. The summed E-state index contributed by atoms with van der Waals surface area (Å²) in [7, 11) is 0. The molecule has 6 rings (SSSR count). The van der Waals surface area contributed by atoms with Crippen LogP contribution < -0.4 is 5.32 Å². The van der Waals surface area contributed by atoms with Gasteiger partial charge in [0.25, 0.3) is 5.91 Å². The van der Waals surface area contributed by atoms with Crippen molar-refractivity contribution in [3.05, 3.63) is 58.8 Å². The number of amides is 2. The maximum atomic E-state index is 12.8. The Kier molecular flexibility index (Phi) is 12.9. The normalized spacial score (nSPS) is 15.4.